The van der Waals surface area contributed by atoms with E-state index in [0.29, 0.717) is 11.3 Å². The van der Waals surface area contributed by atoms with E-state index in [1.165, 1.54) is 50.2 Å². The van der Waals surface area contributed by atoms with Crippen molar-refractivity contribution in [3.8, 4) is 0 Å². The average Bonchev–Trinajstić information content (AvgIpc) is 3.33. The first-order valence-electron chi connectivity index (χ1n) is 9.52. The van der Waals surface area contributed by atoms with E-state index < -0.39 is 0 Å². The first-order valence-corrected chi connectivity index (χ1v) is 10.4. The number of rotatable bonds is 6. The van der Waals surface area contributed by atoms with Crippen molar-refractivity contribution in [2.75, 3.05) is 39.5 Å². The minimum Gasteiger partial charge on any atom is -0.381 e. The summed E-state index contributed by atoms with van der Waals surface area (Å²) < 4.78 is 11.9. The highest BCUT2D eigenvalue weighted by molar-refractivity contribution is 7.09. The maximum absolute atomic E-state index is 6.05. The van der Waals surface area contributed by atoms with Crippen LogP contribution < -0.4 is 0 Å². The molecule has 5 heteroatoms. The van der Waals surface area contributed by atoms with Gasteiger partial charge in [0.15, 0.2) is 0 Å². The molecule has 1 spiro atoms. The van der Waals surface area contributed by atoms with Crippen LogP contribution in [0.3, 0.4) is 0 Å². The Morgan fingerprint density at radius 3 is 2.83 bits per heavy atom. The molecule has 2 saturated heterocycles. The predicted octanol–water partition coefficient (Wildman–Crippen LogP) is 3.50. The molecule has 3 heterocycles. The molecule has 4 nitrogen and oxygen atoms in total. The van der Waals surface area contributed by atoms with Crippen LogP contribution in [0, 0.1) is 24.2 Å². The molecule has 1 atom stereocenters. The van der Waals surface area contributed by atoms with Gasteiger partial charge in [0.25, 0.3) is 0 Å². The Kier molecular flexibility index (Phi) is 5.23. The zero-order chi connectivity index (χ0) is 16.4. The van der Waals surface area contributed by atoms with Crippen LogP contribution in [0.2, 0.25) is 0 Å². The summed E-state index contributed by atoms with van der Waals surface area (Å²) in [6.07, 6.45) is 6.54. The molecule has 134 valence electrons. The molecule has 1 saturated carbocycles. The second kappa shape index (κ2) is 7.40. The van der Waals surface area contributed by atoms with E-state index in [1.54, 1.807) is 11.3 Å². The molecule has 0 aromatic carbocycles. The van der Waals surface area contributed by atoms with Gasteiger partial charge in [0.1, 0.15) is 5.01 Å². The molecule has 1 aromatic heterocycles. The molecule has 3 fully saturated rings. The van der Waals surface area contributed by atoms with Crippen molar-refractivity contribution in [1.29, 1.82) is 0 Å². The summed E-state index contributed by atoms with van der Waals surface area (Å²) in [5.41, 5.74) is 1.61. The molecular weight excluding hydrogens is 320 g/mol. The van der Waals surface area contributed by atoms with Crippen molar-refractivity contribution in [2.24, 2.45) is 17.3 Å². The monoisotopic (exact) mass is 350 g/mol. The average molecular weight is 351 g/mol. The van der Waals surface area contributed by atoms with Gasteiger partial charge < -0.3 is 9.47 Å². The van der Waals surface area contributed by atoms with E-state index in [9.17, 15) is 0 Å². The number of hydrogen-bond acceptors (Lipinski definition) is 5. The highest BCUT2D eigenvalue weighted by atomic mass is 32.1. The summed E-state index contributed by atoms with van der Waals surface area (Å²) in [6.45, 7) is 9.20. The van der Waals surface area contributed by atoms with E-state index in [1.807, 2.05) is 0 Å². The highest BCUT2D eigenvalue weighted by Gasteiger charge is 2.43. The summed E-state index contributed by atoms with van der Waals surface area (Å²) in [6, 6.07) is 0. The molecule has 0 bridgehead atoms. The molecule has 0 unspecified atom stereocenters. The normalized spacial score (nSPS) is 27.6. The fourth-order valence-electron chi connectivity index (χ4n) is 4.25. The molecule has 24 heavy (non-hydrogen) atoms. The third-order valence-corrected chi connectivity index (χ3v) is 7.13. The quantitative estimate of drug-likeness (QED) is 0.786. The minimum absolute atomic E-state index is 0.455. The third kappa shape index (κ3) is 4.01. The Balaban J connectivity index is 1.30. The van der Waals surface area contributed by atoms with Gasteiger partial charge in [0.2, 0.25) is 0 Å². The van der Waals surface area contributed by atoms with Gasteiger partial charge in [-0.2, -0.15) is 0 Å². The third-order valence-electron chi connectivity index (χ3n) is 6.18. The van der Waals surface area contributed by atoms with Gasteiger partial charge in [-0.05, 0) is 63.5 Å². The number of ether oxygens (including phenoxy) is 2. The summed E-state index contributed by atoms with van der Waals surface area (Å²) >= 11 is 1.80. The molecular formula is C19H30N2O2S. The summed E-state index contributed by atoms with van der Waals surface area (Å²) in [7, 11) is 0. The Morgan fingerprint density at radius 2 is 2.12 bits per heavy atom. The lowest BCUT2D eigenvalue weighted by atomic mass is 9.66. The molecule has 2 aliphatic heterocycles. The van der Waals surface area contributed by atoms with Crippen LogP contribution in [0.5, 0.6) is 0 Å². The highest BCUT2D eigenvalue weighted by Crippen LogP contribution is 2.45. The van der Waals surface area contributed by atoms with Crippen LogP contribution in [-0.2, 0) is 16.0 Å². The second-order valence-electron chi connectivity index (χ2n) is 8.02. The number of aryl methyl sites for hydroxylation is 1. The Bertz CT molecular complexity index is 535. The molecule has 0 N–H and O–H groups in total. The van der Waals surface area contributed by atoms with Gasteiger partial charge in [0, 0.05) is 30.2 Å². The number of aromatic nitrogens is 1. The Morgan fingerprint density at radius 1 is 1.29 bits per heavy atom. The van der Waals surface area contributed by atoms with Crippen molar-refractivity contribution >= 4 is 11.3 Å². The zero-order valence-electron chi connectivity index (χ0n) is 14.8. The molecule has 1 aromatic rings. The summed E-state index contributed by atoms with van der Waals surface area (Å²) in [5.74, 6) is 1.45. The fraction of sp³-hybridized carbons (Fsp3) is 0.842. The van der Waals surface area contributed by atoms with Crippen LogP contribution >= 0.6 is 11.3 Å². The van der Waals surface area contributed by atoms with E-state index in [2.05, 4.69) is 22.2 Å². The number of likely N-dealkylation sites (tertiary alicyclic amines) is 1. The molecule has 0 amide bonds. The SMILES string of the molecule is Cc1csc(CN2CCC3(CCOC[C@@H]3COCC3CC3)CC2)n1. The van der Waals surface area contributed by atoms with Gasteiger partial charge >= 0.3 is 0 Å². The van der Waals surface area contributed by atoms with Crippen molar-refractivity contribution in [2.45, 2.75) is 45.6 Å². The Labute approximate surface area is 149 Å². The Hall–Kier alpha value is -0.490. The van der Waals surface area contributed by atoms with Gasteiger partial charge in [0.05, 0.1) is 19.8 Å². The smallest absolute Gasteiger partial charge is 0.107 e. The van der Waals surface area contributed by atoms with E-state index in [-0.39, 0.29) is 0 Å². The van der Waals surface area contributed by atoms with E-state index in [4.69, 9.17) is 9.47 Å². The largest absolute Gasteiger partial charge is 0.381 e. The van der Waals surface area contributed by atoms with Crippen LogP contribution in [0.15, 0.2) is 5.38 Å². The predicted molar refractivity (Wildman–Crippen MR) is 96.3 cm³/mol. The maximum atomic E-state index is 6.05. The van der Waals surface area contributed by atoms with Crippen molar-refractivity contribution in [3.05, 3.63) is 16.1 Å². The van der Waals surface area contributed by atoms with Crippen LogP contribution in [0.4, 0.5) is 0 Å². The van der Waals surface area contributed by atoms with Gasteiger partial charge in [-0.25, -0.2) is 4.98 Å². The van der Waals surface area contributed by atoms with Crippen LogP contribution in [0.25, 0.3) is 0 Å². The van der Waals surface area contributed by atoms with Crippen LogP contribution in [-0.4, -0.2) is 49.4 Å². The number of piperidine rings is 1. The first kappa shape index (κ1) is 17.0. The molecule has 4 rings (SSSR count). The minimum atomic E-state index is 0.455. The first-order chi connectivity index (χ1) is 11.7. The molecule has 3 aliphatic rings. The van der Waals surface area contributed by atoms with Crippen LogP contribution in [0.1, 0.15) is 42.8 Å². The van der Waals surface area contributed by atoms with Gasteiger partial charge in [-0.3, -0.25) is 4.90 Å². The lowest BCUT2D eigenvalue weighted by molar-refractivity contribution is -0.101. The number of thiazole rings is 1. The van der Waals surface area contributed by atoms with Crippen molar-refractivity contribution < 1.29 is 9.47 Å². The molecule has 1 aliphatic carbocycles. The standard InChI is InChI=1S/C19H30N2O2S/c1-15-14-24-18(20-15)10-21-7-4-19(5-8-21)6-9-22-12-17(19)13-23-11-16-2-3-16/h14,16-17H,2-13H2,1H3/t17-/m1/s1. The van der Waals surface area contributed by atoms with Gasteiger partial charge in [-0.15, -0.1) is 11.3 Å². The second-order valence-corrected chi connectivity index (χ2v) is 8.97. The lowest BCUT2D eigenvalue weighted by Gasteiger charge is -2.49. The van der Waals surface area contributed by atoms with E-state index >= 15 is 0 Å². The number of hydrogen-bond donors (Lipinski definition) is 0. The topological polar surface area (TPSA) is 34.6 Å². The summed E-state index contributed by atoms with van der Waals surface area (Å²) in [5, 5.41) is 3.42. The molecule has 0 radical (unpaired) electrons. The maximum Gasteiger partial charge on any atom is 0.107 e. The lowest BCUT2D eigenvalue weighted by Crippen LogP contribution is -2.49. The van der Waals surface area contributed by atoms with Crippen molar-refractivity contribution in [3.63, 3.8) is 0 Å². The number of nitrogens with zero attached hydrogens (tertiary/aromatic N) is 2. The zero-order valence-corrected chi connectivity index (χ0v) is 15.7. The fourth-order valence-corrected chi connectivity index (χ4v) is 5.06. The van der Waals surface area contributed by atoms with E-state index in [0.717, 1.165) is 44.6 Å². The van der Waals surface area contributed by atoms with Crippen molar-refractivity contribution in [1.82, 2.24) is 9.88 Å². The van der Waals surface area contributed by atoms with Gasteiger partial charge in [-0.1, -0.05) is 0 Å². The summed E-state index contributed by atoms with van der Waals surface area (Å²) in [4.78, 5) is 7.21.